The van der Waals surface area contributed by atoms with E-state index >= 15 is 0 Å². The minimum atomic E-state index is -0.0197. The van der Waals surface area contributed by atoms with Crippen LogP contribution in [0.5, 0.6) is 0 Å². The molecule has 2 rings (SSSR count). The first kappa shape index (κ1) is 15.1. The van der Waals surface area contributed by atoms with E-state index in [1.54, 1.807) is 11.3 Å². The molecule has 0 bridgehead atoms. The second-order valence-electron chi connectivity index (χ2n) is 4.45. The first-order chi connectivity index (χ1) is 9.69. The maximum absolute atomic E-state index is 11.9. The van der Waals surface area contributed by atoms with Crippen molar-refractivity contribution in [3.8, 4) is 0 Å². The summed E-state index contributed by atoms with van der Waals surface area (Å²) in [4.78, 5) is 11.9. The molecule has 0 radical (unpaired) electrons. The van der Waals surface area contributed by atoms with Gasteiger partial charge >= 0.3 is 0 Å². The van der Waals surface area contributed by atoms with Crippen LogP contribution in [-0.4, -0.2) is 12.5 Å². The molecule has 3 nitrogen and oxygen atoms in total. The lowest BCUT2D eigenvalue weighted by Crippen LogP contribution is -2.23. The van der Waals surface area contributed by atoms with Crippen molar-refractivity contribution in [2.24, 2.45) is 0 Å². The van der Waals surface area contributed by atoms with Gasteiger partial charge in [0.15, 0.2) is 0 Å². The number of nitrogens with one attached hydrogen (secondary N) is 2. The SMILES string of the molecule is CCCNC(=O)c1cccc(NCc2csc(Br)c2)c1. The summed E-state index contributed by atoms with van der Waals surface area (Å²) in [7, 11) is 0. The molecule has 0 aliphatic heterocycles. The van der Waals surface area contributed by atoms with E-state index in [1.807, 2.05) is 31.2 Å². The summed E-state index contributed by atoms with van der Waals surface area (Å²) >= 11 is 5.12. The van der Waals surface area contributed by atoms with Crippen LogP contribution < -0.4 is 10.6 Å². The van der Waals surface area contributed by atoms with Crippen LogP contribution in [0.1, 0.15) is 29.3 Å². The van der Waals surface area contributed by atoms with E-state index in [2.05, 4.69) is 38.0 Å². The Labute approximate surface area is 131 Å². The quantitative estimate of drug-likeness (QED) is 0.815. The second-order valence-corrected chi connectivity index (χ2v) is 6.74. The molecule has 0 saturated carbocycles. The number of hydrogen-bond donors (Lipinski definition) is 2. The lowest BCUT2D eigenvalue weighted by atomic mass is 10.2. The molecule has 0 aliphatic carbocycles. The lowest BCUT2D eigenvalue weighted by Gasteiger charge is -2.08. The fourth-order valence-electron chi connectivity index (χ4n) is 1.75. The van der Waals surface area contributed by atoms with E-state index in [0.29, 0.717) is 12.1 Å². The summed E-state index contributed by atoms with van der Waals surface area (Å²) in [5.41, 5.74) is 2.87. The zero-order valence-electron chi connectivity index (χ0n) is 11.3. The van der Waals surface area contributed by atoms with Crippen LogP contribution in [0.25, 0.3) is 0 Å². The predicted octanol–water partition coefficient (Wildman–Crippen LogP) is 4.26. The molecule has 0 unspecified atom stereocenters. The first-order valence-electron chi connectivity index (χ1n) is 6.54. The van der Waals surface area contributed by atoms with Crippen LogP contribution >= 0.6 is 27.3 Å². The zero-order valence-corrected chi connectivity index (χ0v) is 13.7. The Bertz CT molecular complexity index is 583. The highest BCUT2D eigenvalue weighted by Crippen LogP contribution is 2.21. The number of benzene rings is 1. The van der Waals surface area contributed by atoms with Gasteiger partial charge < -0.3 is 10.6 Å². The fourth-order valence-corrected chi connectivity index (χ4v) is 2.96. The number of anilines is 1. The van der Waals surface area contributed by atoms with E-state index in [0.717, 1.165) is 22.4 Å². The molecule has 0 atom stereocenters. The van der Waals surface area contributed by atoms with E-state index in [1.165, 1.54) is 5.56 Å². The van der Waals surface area contributed by atoms with Gasteiger partial charge in [0.25, 0.3) is 5.91 Å². The average molecular weight is 353 g/mol. The Morgan fingerprint density at radius 3 is 2.90 bits per heavy atom. The van der Waals surface area contributed by atoms with Gasteiger partial charge in [-0.1, -0.05) is 13.0 Å². The number of amides is 1. The van der Waals surface area contributed by atoms with Crippen LogP contribution in [-0.2, 0) is 6.54 Å². The van der Waals surface area contributed by atoms with Crippen LogP contribution in [0.4, 0.5) is 5.69 Å². The summed E-state index contributed by atoms with van der Waals surface area (Å²) in [5.74, 6) is -0.0197. The smallest absolute Gasteiger partial charge is 0.251 e. The molecule has 20 heavy (non-hydrogen) atoms. The van der Waals surface area contributed by atoms with Crippen molar-refractivity contribution >= 4 is 38.9 Å². The normalized spacial score (nSPS) is 10.3. The summed E-state index contributed by atoms with van der Waals surface area (Å²) in [6.07, 6.45) is 0.941. The highest BCUT2D eigenvalue weighted by molar-refractivity contribution is 9.11. The minimum absolute atomic E-state index is 0.0197. The summed E-state index contributed by atoms with van der Waals surface area (Å²) in [6.45, 7) is 3.50. The number of hydrogen-bond acceptors (Lipinski definition) is 3. The van der Waals surface area contributed by atoms with Gasteiger partial charge in [-0.15, -0.1) is 11.3 Å². The maximum Gasteiger partial charge on any atom is 0.251 e. The molecule has 1 amide bonds. The number of halogens is 1. The second kappa shape index (κ2) is 7.45. The molecule has 0 aliphatic rings. The first-order valence-corrected chi connectivity index (χ1v) is 8.21. The molecule has 5 heteroatoms. The summed E-state index contributed by atoms with van der Waals surface area (Å²) < 4.78 is 1.13. The summed E-state index contributed by atoms with van der Waals surface area (Å²) in [6, 6.07) is 9.67. The van der Waals surface area contributed by atoms with Gasteiger partial charge in [-0.25, -0.2) is 0 Å². The predicted molar refractivity (Wildman–Crippen MR) is 88.4 cm³/mol. The van der Waals surface area contributed by atoms with Crippen molar-refractivity contribution in [1.29, 1.82) is 0 Å². The van der Waals surface area contributed by atoms with Gasteiger partial charge in [0.2, 0.25) is 0 Å². The van der Waals surface area contributed by atoms with Gasteiger partial charge in [0.1, 0.15) is 0 Å². The van der Waals surface area contributed by atoms with Crippen LogP contribution in [0.3, 0.4) is 0 Å². The van der Waals surface area contributed by atoms with Gasteiger partial charge in [-0.3, -0.25) is 4.79 Å². The highest BCUT2D eigenvalue weighted by Gasteiger charge is 2.05. The molecule has 0 fully saturated rings. The van der Waals surface area contributed by atoms with E-state index in [-0.39, 0.29) is 5.91 Å². The van der Waals surface area contributed by atoms with Crippen molar-refractivity contribution in [3.05, 3.63) is 50.6 Å². The van der Waals surface area contributed by atoms with Gasteiger partial charge in [0.05, 0.1) is 3.79 Å². The van der Waals surface area contributed by atoms with Gasteiger partial charge in [-0.05, 0) is 57.6 Å². The third kappa shape index (κ3) is 4.35. The molecule has 1 aromatic carbocycles. The Balaban J connectivity index is 1.97. The van der Waals surface area contributed by atoms with Crippen molar-refractivity contribution in [3.63, 3.8) is 0 Å². The van der Waals surface area contributed by atoms with Crippen LogP contribution in [0, 0.1) is 0 Å². The Hall–Kier alpha value is -1.33. The number of thiophene rings is 1. The van der Waals surface area contributed by atoms with Gasteiger partial charge in [0, 0.05) is 24.3 Å². The monoisotopic (exact) mass is 352 g/mol. The van der Waals surface area contributed by atoms with Crippen LogP contribution in [0.2, 0.25) is 0 Å². The lowest BCUT2D eigenvalue weighted by molar-refractivity contribution is 0.0953. The van der Waals surface area contributed by atoms with E-state index < -0.39 is 0 Å². The standard InChI is InChI=1S/C15H17BrN2OS/c1-2-6-17-15(19)12-4-3-5-13(8-12)18-9-11-7-14(16)20-10-11/h3-5,7-8,10,18H,2,6,9H2,1H3,(H,17,19). The van der Waals surface area contributed by atoms with Crippen molar-refractivity contribution in [1.82, 2.24) is 5.32 Å². The van der Waals surface area contributed by atoms with Crippen LogP contribution in [0.15, 0.2) is 39.5 Å². The zero-order chi connectivity index (χ0) is 14.4. The molecular weight excluding hydrogens is 336 g/mol. The number of carbonyl (C=O) groups excluding carboxylic acids is 1. The number of carbonyl (C=O) groups is 1. The minimum Gasteiger partial charge on any atom is -0.381 e. The van der Waals surface area contributed by atoms with Crippen molar-refractivity contribution in [2.45, 2.75) is 19.9 Å². The van der Waals surface area contributed by atoms with E-state index in [4.69, 9.17) is 0 Å². The van der Waals surface area contributed by atoms with Crippen molar-refractivity contribution < 1.29 is 4.79 Å². The molecule has 1 aromatic heterocycles. The fraction of sp³-hybridized carbons (Fsp3) is 0.267. The molecule has 106 valence electrons. The molecule has 0 saturated heterocycles. The average Bonchev–Trinajstić information content (AvgIpc) is 2.88. The molecule has 2 aromatic rings. The Morgan fingerprint density at radius 1 is 1.35 bits per heavy atom. The maximum atomic E-state index is 11.9. The molecule has 2 N–H and O–H groups in total. The van der Waals surface area contributed by atoms with Crippen molar-refractivity contribution in [2.75, 3.05) is 11.9 Å². The third-order valence-corrected chi connectivity index (χ3v) is 4.33. The molecule has 0 spiro atoms. The third-order valence-electron chi connectivity index (χ3n) is 2.78. The Kier molecular flexibility index (Phi) is 5.61. The van der Waals surface area contributed by atoms with Gasteiger partial charge in [-0.2, -0.15) is 0 Å². The highest BCUT2D eigenvalue weighted by atomic mass is 79.9. The molecule has 1 heterocycles. The number of rotatable bonds is 6. The van der Waals surface area contributed by atoms with E-state index in [9.17, 15) is 4.79 Å². The molecular formula is C15H17BrN2OS. The Morgan fingerprint density at radius 2 is 2.20 bits per heavy atom. The summed E-state index contributed by atoms with van der Waals surface area (Å²) in [5, 5.41) is 8.32. The topological polar surface area (TPSA) is 41.1 Å². The largest absolute Gasteiger partial charge is 0.381 e.